The highest BCUT2D eigenvalue weighted by Gasteiger charge is 2.32. The molecule has 0 amide bonds. The highest BCUT2D eigenvalue weighted by molar-refractivity contribution is 9.10. The molecule has 0 heterocycles. The number of thioether (sulfide) groups is 1. The molecule has 1 nitrogen and oxygen atoms in total. The number of allylic oxidation sites excluding steroid dienone is 1. The molecule has 1 N–H and O–H groups in total. The molecular formula is C17H16BrClOS. The highest BCUT2D eigenvalue weighted by Crippen LogP contribution is 2.46. The topological polar surface area (TPSA) is 20.2 Å². The van der Waals surface area contributed by atoms with Gasteiger partial charge in [0.05, 0.1) is 16.4 Å². The fourth-order valence-electron chi connectivity index (χ4n) is 2.13. The Labute approximate surface area is 143 Å². The van der Waals surface area contributed by atoms with E-state index in [2.05, 4.69) is 22.5 Å². The Morgan fingerprint density at radius 3 is 2.43 bits per heavy atom. The van der Waals surface area contributed by atoms with Crippen molar-refractivity contribution in [2.75, 3.05) is 6.61 Å². The van der Waals surface area contributed by atoms with E-state index in [0.29, 0.717) is 11.4 Å². The molecule has 4 heteroatoms. The monoisotopic (exact) mass is 382 g/mol. The second-order valence-electron chi connectivity index (χ2n) is 4.68. The zero-order chi connectivity index (χ0) is 15.3. The van der Waals surface area contributed by atoms with E-state index in [1.165, 1.54) is 0 Å². The summed E-state index contributed by atoms with van der Waals surface area (Å²) in [6.45, 7) is 3.84. The van der Waals surface area contributed by atoms with Gasteiger partial charge in [0.25, 0.3) is 0 Å². The Morgan fingerprint density at radius 1 is 1.19 bits per heavy atom. The van der Waals surface area contributed by atoms with E-state index in [1.54, 1.807) is 11.8 Å². The van der Waals surface area contributed by atoms with Gasteiger partial charge < -0.3 is 5.11 Å². The van der Waals surface area contributed by atoms with Crippen molar-refractivity contribution < 1.29 is 5.11 Å². The van der Waals surface area contributed by atoms with Crippen molar-refractivity contribution in [1.29, 1.82) is 0 Å². The quantitative estimate of drug-likeness (QED) is 0.513. The maximum Gasteiger partial charge on any atom is 0.0720 e. The molecule has 0 unspecified atom stereocenters. The maximum atomic E-state index is 10.1. The molecule has 2 aromatic carbocycles. The molecule has 0 saturated heterocycles. The number of aliphatic hydroxyl groups is 1. The van der Waals surface area contributed by atoms with E-state index < -0.39 is 4.75 Å². The van der Waals surface area contributed by atoms with Crippen molar-refractivity contribution in [3.63, 3.8) is 0 Å². The molecule has 2 aromatic rings. The zero-order valence-corrected chi connectivity index (χ0v) is 14.6. The van der Waals surface area contributed by atoms with Crippen LogP contribution in [0.5, 0.6) is 0 Å². The molecule has 0 bridgehead atoms. The molecular weight excluding hydrogens is 368 g/mol. The molecule has 0 fully saturated rings. The van der Waals surface area contributed by atoms with E-state index in [-0.39, 0.29) is 6.61 Å². The van der Waals surface area contributed by atoms with E-state index in [0.717, 1.165) is 14.9 Å². The Bertz CT molecular complexity index is 614. The first kappa shape index (κ1) is 16.6. The van der Waals surface area contributed by atoms with Gasteiger partial charge in [-0.1, -0.05) is 57.9 Å². The van der Waals surface area contributed by atoms with Crippen LogP contribution in [0.25, 0.3) is 0 Å². The Morgan fingerprint density at radius 2 is 1.86 bits per heavy atom. The first-order valence-electron chi connectivity index (χ1n) is 6.52. The fraction of sp³-hybridized carbons (Fsp3) is 0.176. The van der Waals surface area contributed by atoms with E-state index in [4.69, 9.17) is 11.6 Å². The van der Waals surface area contributed by atoms with Crippen LogP contribution in [-0.2, 0) is 4.75 Å². The maximum absolute atomic E-state index is 10.1. The van der Waals surface area contributed by atoms with Crippen molar-refractivity contribution in [1.82, 2.24) is 0 Å². The van der Waals surface area contributed by atoms with Crippen molar-refractivity contribution in [2.24, 2.45) is 0 Å². The number of benzene rings is 2. The molecule has 110 valence electrons. The molecule has 0 saturated carbocycles. The van der Waals surface area contributed by atoms with Gasteiger partial charge in [0.15, 0.2) is 0 Å². The number of halogens is 2. The van der Waals surface area contributed by atoms with Crippen LogP contribution < -0.4 is 0 Å². The van der Waals surface area contributed by atoms with Crippen LogP contribution in [-0.4, -0.2) is 11.7 Å². The lowest BCUT2D eigenvalue weighted by Gasteiger charge is -2.31. The third kappa shape index (κ3) is 3.92. The van der Waals surface area contributed by atoms with Crippen LogP contribution in [0, 0.1) is 0 Å². The van der Waals surface area contributed by atoms with Crippen LogP contribution >= 0.6 is 39.3 Å². The normalized spacial score (nSPS) is 13.7. The summed E-state index contributed by atoms with van der Waals surface area (Å²) in [6, 6.07) is 15.7. The van der Waals surface area contributed by atoms with Crippen molar-refractivity contribution in [3.8, 4) is 0 Å². The van der Waals surface area contributed by atoms with Crippen LogP contribution in [0.1, 0.15) is 12.0 Å². The first-order chi connectivity index (χ1) is 10.1. The first-order valence-corrected chi connectivity index (χ1v) is 8.51. The average molecular weight is 384 g/mol. The van der Waals surface area contributed by atoms with Gasteiger partial charge in [0.1, 0.15) is 0 Å². The van der Waals surface area contributed by atoms with Gasteiger partial charge in [0, 0.05) is 9.37 Å². The van der Waals surface area contributed by atoms with Gasteiger partial charge in [-0.3, -0.25) is 0 Å². The second kappa shape index (κ2) is 7.50. The van der Waals surface area contributed by atoms with Crippen LogP contribution in [0.3, 0.4) is 0 Å². The minimum Gasteiger partial charge on any atom is -0.395 e. The zero-order valence-electron chi connectivity index (χ0n) is 11.4. The summed E-state index contributed by atoms with van der Waals surface area (Å²) in [5, 5.41) is 10.8. The molecule has 21 heavy (non-hydrogen) atoms. The fourth-order valence-corrected chi connectivity index (χ4v) is 3.90. The summed E-state index contributed by atoms with van der Waals surface area (Å²) in [4.78, 5) is 0.956. The molecule has 0 aliphatic rings. The van der Waals surface area contributed by atoms with Gasteiger partial charge in [-0.2, -0.15) is 0 Å². The third-order valence-corrected chi connectivity index (χ3v) is 5.71. The van der Waals surface area contributed by atoms with Gasteiger partial charge in [-0.05, 0) is 36.2 Å². The molecule has 0 aliphatic carbocycles. The van der Waals surface area contributed by atoms with Crippen molar-refractivity contribution in [2.45, 2.75) is 16.1 Å². The van der Waals surface area contributed by atoms with Crippen LogP contribution in [0.2, 0.25) is 5.02 Å². The Hall–Kier alpha value is -0.740. The number of hydrogen-bond acceptors (Lipinski definition) is 2. The lowest BCUT2D eigenvalue weighted by molar-refractivity contribution is 0.249. The van der Waals surface area contributed by atoms with Crippen LogP contribution in [0.4, 0.5) is 0 Å². The van der Waals surface area contributed by atoms with Gasteiger partial charge in [-0.25, -0.2) is 0 Å². The number of rotatable bonds is 6. The molecule has 1 atom stereocenters. The highest BCUT2D eigenvalue weighted by atomic mass is 79.9. The number of hydrogen-bond donors (Lipinski definition) is 1. The molecule has 2 rings (SSSR count). The third-order valence-electron chi connectivity index (χ3n) is 3.24. The van der Waals surface area contributed by atoms with E-state index >= 15 is 0 Å². The summed E-state index contributed by atoms with van der Waals surface area (Å²) in [6.07, 6.45) is 2.49. The molecule has 0 radical (unpaired) electrons. The predicted molar refractivity (Wildman–Crippen MR) is 95.0 cm³/mol. The Balaban J connectivity index is 2.43. The average Bonchev–Trinajstić information content (AvgIpc) is 2.50. The number of aliphatic hydroxyl groups excluding tert-OH is 1. The smallest absolute Gasteiger partial charge is 0.0720 e. The summed E-state index contributed by atoms with van der Waals surface area (Å²) < 4.78 is 0.535. The summed E-state index contributed by atoms with van der Waals surface area (Å²) in [5.74, 6) is 0. The SMILES string of the molecule is C=CC[C@@](CO)(Sc1ccccc1Cl)c1ccc(Br)cc1. The minimum atomic E-state index is -0.479. The standard InChI is InChI=1S/C17H16BrClOS/c1-2-11-17(12-20,13-7-9-14(18)10-8-13)21-16-6-4-3-5-15(16)19/h2-10,20H,1,11-12H2/t17-/m0/s1. The van der Waals surface area contributed by atoms with Gasteiger partial charge in [-0.15, -0.1) is 18.3 Å². The van der Waals surface area contributed by atoms with Crippen molar-refractivity contribution in [3.05, 3.63) is 76.2 Å². The van der Waals surface area contributed by atoms with Crippen molar-refractivity contribution >= 4 is 39.3 Å². The second-order valence-corrected chi connectivity index (χ2v) is 7.43. The summed E-state index contributed by atoms with van der Waals surface area (Å²) in [5.41, 5.74) is 1.05. The lowest BCUT2D eigenvalue weighted by Crippen LogP contribution is -2.26. The Kier molecular flexibility index (Phi) is 5.94. The van der Waals surface area contributed by atoms with Gasteiger partial charge >= 0.3 is 0 Å². The van der Waals surface area contributed by atoms with E-state index in [1.807, 2.05) is 54.6 Å². The summed E-state index contributed by atoms with van der Waals surface area (Å²) in [7, 11) is 0. The molecule has 0 spiro atoms. The minimum absolute atomic E-state index is 0.0105. The molecule has 0 aliphatic heterocycles. The predicted octanol–water partition coefficient (Wildman–Crippen LogP) is 5.66. The van der Waals surface area contributed by atoms with Crippen LogP contribution in [0.15, 0.2) is 70.6 Å². The van der Waals surface area contributed by atoms with Gasteiger partial charge in [0.2, 0.25) is 0 Å². The molecule has 0 aromatic heterocycles. The summed E-state index contributed by atoms with van der Waals surface area (Å²) >= 11 is 11.3. The largest absolute Gasteiger partial charge is 0.395 e. The van der Waals surface area contributed by atoms with E-state index in [9.17, 15) is 5.11 Å². The lowest BCUT2D eigenvalue weighted by atomic mass is 9.95.